The smallest absolute Gasteiger partial charge is 0.135 e. The summed E-state index contributed by atoms with van der Waals surface area (Å²) < 4.78 is 0. The average Bonchev–Trinajstić information content (AvgIpc) is 1.82. The van der Waals surface area contributed by atoms with E-state index in [0.29, 0.717) is 6.42 Å². The van der Waals surface area contributed by atoms with E-state index in [0.717, 1.165) is 18.7 Å². The number of carbonyl (C=O) groups is 1. The molecule has 0 atom stereocenters. The number of hydrogen-bond acceptors (Lipinski definition) is 2. The van der Waals surface area contributed by atoms with Crippen LogP contribution in [0.1, 0.15) is 33.6 Å². The first-order valence-corrected chi connectivity index (χ1v) is 3.66. The summed E-state index contributed by atoms with van der Waals surface area (Å²) >= 11 is 0. The minimum absolute atomic E-state index is 0.192. The molecule has 0 aromatic rings. The van der Waals surface area contributed by atoms with E-state index in [2.05, 4.69) is 11.9 Å². The molecule has 0 saturated carbocycles. The molecule has 0 aliphatic heterocycles. The molecule has 0 aliphatic carbocycles. The van der Waals surface area contributed by atoms with E-state index >= 15 is 0 Å². The molecule has 2 heteroatoms. The molecule has 0 aliphatic rings. The van der Waals surface area contributed by atoms with Crippen LogP contribution in [0.5, 0.6) is 0 Å². The molecule has 0 rings (SSSR count). The molecule has 10 heavy (non-hydrogen) atoms. The van der Waals surface area contributed by atoms with Gasteiger partial charge < -0.3 is 0 Å². The Hall–Kier alpha value is -0.660. The minimum Gasteiger partial charge on any atom is -0.300 e. The number of hydrogen-bond donors (Lipinski definition) is 0. The molecule has 0 bridgehead atoms. The van der Waals surface area contributed by atoms with Crippen molar-refractivity contribution >= 4 is 11.5 Å². The highest BCUT2D eigenvalue weighted by Gasteiger charge is 1.94. The minimum atomic E-state index is 0.192. The predicted octanol–water partition coefficient (Wildman–Crippen LogP) is 1.84. The SMILES string of the molecule is CCCN=C(C)CC(C)=O. The largest absolute Gasteiger partial charge is 0.300 e. The summed E-state index contributed by atoms with van der Waals surface area (Å²) in [5.74, 6) is 0.192. The van der Waals surface area contributed by atoms with Gasteiger partial charge in [0.2, 0.25) is 0 Å². The Kier molecular flexibility index (Phi) is 4.81. The molecule has 0 unspecified atom stereocenters. The highest BCUT2D eigenvalue weighted by atomic mass is 16.1. The third-order valence-electron chi connectivity index (χ3n) is 1.11. The van der Waals surface area contributed by atoms with Gasteiger partial charge in [-0.1, -0.05) is 6.92 Å². The highest BCUT2D eigenvalue weighted by molar-refractivity contribution is 5.99. The van der Waals surface area contributed by atoms with Crippen molar-refractivity contribution in [3.05, 3.63) is 0 Å². The fourth-order valence-electron chi connectivity index (χ4n) is 0.719. The lowest BCUT2D eigenvalue weighted by Gasteiger charge is -1.94. The maximum Gasteiger partial charge on any atom is 0.135 e. The van der Waals surface area contributed by atoms with Gasteiger partial charge in [0.05, 0.1) is 0 Å². The number of rotatable bonds is 4. The van der Waals surface area contributed by atoms with Crippen molar-refractivity contribution in [2.24, 2.45) is 4.99 Å². The molecule has 0 N–H and O–H groups in total. The Morgan fingerprint density at radius 2 is 2.00 bits per heavy atom. The van der Waals surface area contributed by atoms with Gasteiger partial charge >= 0.3 is 0 Å². The first-order valence-electron chi connectivity index (χ1n) is 3.66. The zero-order chi connectivity index (χ0) is 7.98. The van der Waals surface area contributed by atoms with Gasteiger partial charge in [0.15, 0.2) is 0 Å². The van der Waals surface area contributed by atoms with Crippen molar-refractivity contribution in [3.8, 4) is 0 Å². The van der Waals surface area contributed by atoms with Gasteiger partial charge in [0, 0.05) is 18.7 Å². The molecule has 0 amide bonds. The van der Waals surface area contributed by atoms with Gasteiger partial charge in [-0.25, -0.2) is 0 Å². The fraction of sp³-hybridized carbons (Fsp3) is 0.750. The first kappa shape index (κ1) is 9.34. The fourth-order valence-corrected chi connectivity index (χ4v) is 0.719. The maximum absolute atomic E-state index is 10.5. The van der Waals surface area contributed by atoms with Crippen LogP contribution >= 0.6 is 0 Å². The van der Waals surface area contributed by atoms with Crippen LogP contribution in [0.4, 0.5) is 0 Å². The summed E-state index contributed by atoms with van der Waals surface area (Å²) in [4.78, 5) is 14.7. The highest BCUT2D eigenvalue weighted by Crippen LogP contribution is 1.89. The van der Waals surface area contributed by atoms with Crippen molar-refractivity contribution in [3.63, 3.8) is 0 Å². The lowest BCUT2D eigenvalue weighted by Crippen LogP contribution is -2.00. The first-order chi connectivity index (χ1) is 4.66. The van der Waals surface area contributed by atoms with Gasteiger partial charge in [0.25, 0.3) is 0 Å². The predicted molar refractivity (Wildman–Crippen MR) is 43.6 cm³/mol. The lowest BCUT2D eigenvalue weighted by atomic mass is 10.2. The van der Waals surface area contributed by atoms with E-state index in [9.17, 15) is 4.79 Å². The lowest BCUT2D eigenvalue weighted by molar-refractivity contribution is -0.115. The van der Waals surface area contributed by atoms with Crippen molar-refractivity contribution in [2.75, 3.05) is 6.54 Å². The molecule has 0 fully saturated rings. The van der Waals surface area contributed by atoms with Crippen LogP contribution in [-0.4, -0.2) is 18.0 Å². The van der Waals surface area contributed by atoms with Gasteiger partial charge in [-0.3, -0.25) is 9.79 Å². The van der Waals surface area contributed by atoms with Gasteiger partial charge in [-0.2, -0.15) is 0 Å². The van der Waals surface area contributed by atoms with Crippen LogP contribution in [0.15, 0.2) is 4.99 Å². The molecule has 0 saturated heterocycles. The number of nitrogens with zero attached hydrogens (tertiary/aromatic N) is 1. The van der Waals surface area contributed by atoms with Crippen LogP contribution in [0.25, 0.3) is 0 Å². The van der Waals surface area contributed by atoms with Crippen LogP contribution < -0.4 is 0 Å². The molecular formula is C8H15NO. The standard InChI is InChI=1S/C8H15NO/c1-4-5-9-7(2)6-8(3)10/h4-6H2,1-3H3. The zero-order valence-corrected chi connectivity index (χ0v) is 6.98. The molecule has 0 radical (unpaired) electrons. The van der Waals surface area contributed by atoms with E-state index in [1.807, 2.05) is 6.92 Å². The normalized spacial score (nSPS) is 11.7. The summed E-state index contributed by atoms with van der Waals surface area (Å²) in [6, 6.07) is 0. The number of Topliss-reactive ketones (excluding diaryl/α,β-unsaturated/α-hetero) is 1. The Labute approximate surface area is 62.4 Å². The molecule has 0 aromatic carbocycles. The van der Waals surface area contributed by atoms with E-state index in [4.69, 9.17) is 0 Å². The number of aliphatic imine (C=N–C) groups is 1. The molecule has 2 nitrogen and oxygen atoms in total. The van der Waals surface area contributed by atoms with Gasteiger partial charge in [0.1, 0.15) is 5.78 Å². The van der Waals surface area contributed by atoms with E-state index < -0.39 is 0 Å². The molecular weight excluding hydrogens is 126 g/mol. The summed E-state index contributed by atoms with van der Waals surface area (Å²) in [6.07, 6.45) is 1.56. The van der Waals surface area contributed by atoms with Crippen molar-refractivity contribution < 1.29 is 4.79 Å². The third-order valence-corrected chi connectivity index (χ3v) is 1.11. The van der Waals surface area contributed by atoms with Gasteiger partial charge in [-0.15, -0.1) is 0 Å². The maximum atomic E-state index is 10.5. The summed E-state index contributed by atoms with van der Waals surface area (Å²) in [7, 11) is 0. The Bertz CT molecular complexity index is 138. The molecule has 0 spiro atoms. The Morgan fingerprint density at radius 3 is 2.40 bits per heavy atom. The van der Waals surface area contributed by atoms with E-state index in [-0.39, 0.29) is 5.78 Å². The molecule has 0 heterocycles. The van der Waals surface area contributed by atoms with Crippen molar-refractivity contribution in [1.82, 2.24) is 0 Å². The monoisotopic (exact) mass is 141 g/mol. The number of ketones is 1. The van der Waals surface area contributed by atoms with Crippen molar-refractivity contribution in [2.45, 2.75) is 33.6 Å². The van der Waals surface area contributed by atoms with Crippen molar-refractivity contribution in [1.29, 1.82) is 0 Å². The van der Waals surface area contributed by atoms with Gasteiger partial charge in [-0.05, 0) is 20.3 Å². The summed E-state index contributed by atoms with van der Waals surface area (Å²) in [5.41, 5.74) is 0.953. The average molecular weight is 141 g/mol. The second-order valence-corrected chi connectivity index (χ2v) is 2.50. The Balaban J connectivity index is 3.59. The quantitative estimate of drug-likeness (QED) is 0.549. The topological polar surface area (TPSA) is 29.4 Å². The third kappa shape index (κ3) is 5.48. The number of carbonyl (C=O) groups excluding carboxylic acids is 1. The Morgan fingerprint density at radius 1 is 1.40 bits per heavy atom. The van der Waals surface area contributed by atoms with Crippen LogP contribution in [0.3, 0.4) is 0 Å². The van der Waals surface area contributed by atoms with E-state index in [1.165, 1.54) is 0 Å². The second-order valence-electron chi connectivity index (χ2n) is 2.50. The van der Waals surface area contributed by atoms with Crippen LogP contribution in [0, 0.1) is 0 Å². The molecule has 58 valence electrons. The van der Waals surface area contributed by atoms with E-state index in [1.54, 1.807) is 6.92 Å². The second kappa shape index (κ2) is 5.15. The molecule has 0 aromatic heterocycles. The van der Waals surface area contributed by atoms with Crippen LogP contribution in [0.2, 0.25) is 0 Å². The summed E-state index contributed by atoms with van der Waals surface area (Å²) in [6.45, 7) is 6.41. The van der Waals surface area contributed by atoms with Crippen LogP contribution in [-0.2, 0) is 4.79 Å². The summed E-state index contributed by atoms with van der Waals surface area (Å²) in [5, 5.41) is 0. The zero-order valence-electron chi connectivity index (χ0n) is 6.98.